The van der Waals surface area contributed by atoms with Crippen LogP contribution in [0.15, 0.2) is 24.3 Å². The zero-order chi connectivity index (χ0) is 15.6. The lowest BCUT2D eigenvalue weighted by Crippen LogP contribution is -2.49. The zero-order valence-corrected chi connectivity index (χ0v) is 12.5. The number of nitrogens with two attached hydrogens (primary N) is 1. The Morgan fingerprint density at radius 2 is 2.05 bits per heavy atom. The highest BCUT2D eigenvalue weighted by Gasteiger charge is 2.31. The van der Waals surface area contributed by atoms with Crippen molar-refractivity contribution < 1.29 is 19.1 Å². The van der Waals surface area contributed by atoms with Gasteiger partial charge >= 0.3 is 5.97 Å². The Labute approximate surface area is 123 Å². The van der Waals surface area contributed by atoms with Crippen LogP contribution in [-0.2, 0) is 14.3 Å². The Kier molecular flexibility index (Phi) is 4.06. The van der Waals surface area contributed by atoms with Crippen LogP contribution in [0.4, 0.5) is 5.69 Å². The molecule has 21 heavy (non-hydrogen) atoms. The first-order chi connectivity index (χ1) is 9.76. The van der Waals surface area contributed by atoms with Crippen LogP contribution in [0.25, 0.3) is 0 Å². The molecule has 0 spiro atoms. The van der Waals surface area contributed by atoms with Crippen LogP contribution in [0.1, 0.15) is 20.8 Å². The van der Waals surface area contributed by atoms with Crippen LogP contribution in [0.5, 0.6) is 5.75 Å². The molecule has 114 valence electrons. The fourth-order valence-corrected chi connectivity index (χ4v) is 2.13. The molecule has 6 nitrogen and oxygen atoms in total. The number of carbonyl (C=O) groups excluding carboxylic acids is 2. The summed E-state index contributed by atoms with van der Waals surface area (Å²) in [6.07, 6.45) is -0.776. The highest BCUT2D eigenvalue weighted by Crippen LogP contribution is 2.32. The molecule has 0 radical (unpaired) electrons. The summed E-state index contributed by atoms with van der Waals surface area (Å²) in [5.74, 6) is -0.378. The number of fused-ring (bicyclic) bond motifs is 1. The topological polar surface area (TPSA) is 81.9 Å². The number of primary amides is 1. The van der Waals surface area contributed by atoms with Crippen LogP contribution in [-0.4, -0.2) is 36.7 Å². The number of hydrogen-bond donors (Lipinski definition) is 1. The van der Waals surface area contributed by atoms with Crippen LogP contribution in [0.3, 0.4) is 0 Å². The Morgan fingerprint density at radius 3 is 2.67 bits per heavy atom. The summed E-state index contributed by atoms with van der Waals surface area (Å²) in [4.78, 5) is 25.1. The van der Waals surface area contributed by atoms with Gasteiger partial charge < -0.3 is 20.1 Å². The van der Waals surface area contributed by atoms with Crippen molar-refractivity contribution in [3.05, 3.63) is 24.3 Å². The third-order valence-corrected chi connectivity index (χ3v) is 2.92. The van der Waals surface area contributed by atoms with Crippen molar-refractivity contribution in [1.82, 2.24) is 0 Å². The second-order valence-electron chi connectivity index (χ2n) is 5.94. The molecule has 1 aliphatic rings. The van der Waals surface area contributed by atoms with Crippen molar-refractivity contribution in [2.75, 3.05) is 18.0 Å². The fraction of sp³-hybridized carbons (Fsp3) is 0.467. The number of esters is 1. The van der Waals surface area contributed by atoms with E-state index in [1.807, 2.05) is 32.9 Å². The van der Waals surface area contributed by atoms with Crippen LogP contribution in [0, 0.1) is 0 Å². The molecule has 0 aromatic heterocycles. The first kappa shape index (κ1) is 15.2. The summed E-state index contributed by atoms with van der Waals surface area (Å²) in [6.45, 7) is 5.70. The number of nitrogens with zero attached hydrogens (tertiary/aromatic N) is 1. The van der Waals surface area contributed by atoms with Gasteiger partial charge in [0, 0.05) is 0 Å². The maximum atomic E-state index is 12.0. The largest absolute Gasteiger partial charge is 0.477 e. The molecule has 0 fully saturated rings. The van der Waals surface area contributed by atoms with Gasteiger partial charge in [-0.2, -0.15) is 0 Å². The average Bonchev–Trinajstić information content (AvgIpc) is 2.36. The second-order valence-corrected chi connectivity index (χ2v) is 5.94. The summed E-state index contributed by atoms with van der Waals surface area (Å²) in [5.41, 5.74) is 5.51. The van der Waals surface area contributed by atoms with Gasteiger partial charge in [-0.3, -0.25) is 9.59 Å². The Hall–Kier alpha value is -2.24. The van der Waals surface area contributed by atoms with E-state index in [1.165, 1.54) is 0 Å². The third-order valence-electron chi connectivity index (χ3n) is 2.92. The maximum absolute atomic E-state index is 12.0. The Morgan fingerprint density at radius 1 is 1.38 bits per heavy atom. The van der Waals surface area contributed by atoms with Gasteiger partial charge in [0.2, 0.25) is 0 Å². The molecule has 2 N–H and O–H groups in total. The summed E-state index contributed by atoms with van der Waals surface area (Å²) >= 11 is 0. The fourth-order valence-electron chi connectivity index (χ4n) is 2.13. The molecule has 6 heteroatoms. The molecule has 1 aromatic rings. The molecule has 2 rings (SSSR count). The van der Waals surface area contributed by atoms with Crippen molar-refractivity contribution in [1.29, 1.82) is 0 Å². The van der Waals surface area contributed by atoms with Gasteiger partial charge in [-0.25, -0.2) is 0 Å². The molecule has 0 saturated carbocycles. The molecule has 0 saturated heterocycles. The summed E-state index contributed by atoms with van der Waals surface area (Å²) < 4.78 is 10.9. The molecule has 1 heterocycles. The van der Waals surface area contributed by atoms with Gasteiger partial charge in [-0.15, -0.1) is 0 Å². The molecule has 0 aliphatic carbocycles. The lowest BCUT2D eigenvalue weighted by molar-refractivity contribution is -0.153. The van der Waals surface area contributed by atoms with E-state index in [1.54, 1.807) is 17.0 Å². The summed E-state index contributed by atoms with van der Waals surface area (Å²) in [7, 11) is 0. The van der Waals surface area contributed by atoms with Crippen molar-refractivity contribution in [2.45, 2.75) is 32.5 Å². The molecular weight excluding hydrogens is 272 g/mol. The van der Waals surface area contributed by atoms with E-state index in [0.29, 0.717) is 5.75 Å². The summed E-state index contributed by atoms with van der Waals surface area (Å²) in [5, 5.41) is 0. The normalized spacial score (nSPS) is 17.7. The molecule has 1 aliphatic heterocycles. The standard InChI is InChI=1S/C15H20N2O4/c1-15(2,3)21-13(18)9-17-8-12(14(16)19)20-11-7-5-4-6-10(11)17/h4-7,12H,8-9H2,1-3H3,(H2,16,19). The Bertz CT molecular complexity index is 551. The van der Waals surface area contributed by atoms with E-state index < -0.39 is 17.6 Å². The second kappa shape index (κ2) is 5.63. The SMILES string of the molecule is CC(C)(C)OC(=O)CN1CC(C(N)=O)Oc2ccccc21. The molecule has 0 bridgehead atoms. The summed E-state index contributed by atoms with van der Waals surface area (Å²) in [6, 6.07) is 7.21. The van der Waals surface area contributed by atoms with Gasteiger partial charge in [0.15, 0.2) is 6.10 Å². The van der Waals surface area contributed by atoms with E-state index in [0.717, 1.165) is 5.69 Å². The molecule has 1 amide bonds. The van der Waals surface area contributed by atoms with Gasteiger partial charge in [-0.05, 0) is 32.9 Å². The van der Waals surface area contributed by atoms with E-state index in [-0.39, 0.29) is 19.1 Å². The van der Waals surface area contributed by atoms with Crippen molar-refractivity contribution in [3.8, 4) is 5.75 Å². The third kappa shape index (κ3) is 3.87. The monoisotopic (exact) mass is 292 g/mol. The number of amides is 1. The van der Waals surface area contributed by atoms with E-state index in [2.05, 4.69) is 0 Å². The number of ether oxygens (including phenoxy) is 2. The minimum atomic E-state index is -0.776. The average molecular weight is 292 g/mol. The quantitative estimate of drug-likeness (QED) is 0.843. The van der Waals surface area contributed by atoms with E-state index in [4.69, 9.17) is 15.2 Å². The highest BCUT2D eigenvalue weighted by atomic mass is 16.6. The van der Waals surface area contributed by atoms with Crippen LogP contribution < -0.4 is 15.4 Å². The molecule has 1 atom stereocenters. The van der Waals surface area contributed by atoms with Crippen molar-refractivity contribution in [2.24, 2.45) is 5.73 Å². The number of carbonyl (C=O) groups is 2. The number of para-hydroxylation sites is 2. The number of anilines is 1. The predicted molar refractivity (Wildman–Crippen MR) is 78.1 cm³/mol. The van der Waals surface area contributed by atoms with E-state index in [9.17, 15) is 9.59 Å². The first-order valence-corrected chi connectivity index (χ1v) is 6.78. The highest BCUT2D eigenvalue weighted by molar-refractivity contribution is 5.83. The molecular formula is C15H20N2O4. The number of rotatable bonds is 3. The van der Waals surface area contributed by atoms with Gasteiger partial charge in [-0.1, -0.05) is 12.1 Å². The van der Waals surface area contributed by atoms with Gasteiger partial charge in [0.05, 0.1) is 12.2 Å². The minimum absolute atomic E-state index is 0.0431. The van der Waals surface area contributed by atoms with Crippen LogP contribution in [0.2, 0.25) is 0 Å². The first-order valence-electron chi connectivity index (χ1n) is 6.78. The maximum Gasteiger partial charge on any atom is 0.326 e. The van der Waals surface area contributed by atoms with Gasteiger partial charge in [0.25, 0.3) is 5.91 Å². The number of benzene rings is 1. The van der Waals surface area contributed by atoms with Crippen LogP contribution >= 0.6 is 0 Å². The molecule has 1 aromatic carbocycles. The predicted octanol–water partition coefficient (Wildman–Crippen LogP) is 1.08. The molecule has 1 unspecified atom stereocenters. The minimum Gasteiger partial charge on any atom is -0.477 e. The lowest BCUT2D eigenvalue weighted by atomic mass is 10.1. The number of hydrogen-bond acceptors (Lipinski definition) is 5. The zero-order valence-electron chi connectivity index (χ0n) is 12.5. The Balaban J connectivity index is 2.18. The van der Waals surface area contributed by atoms with Crippen molar-refractivity contribution >= 4 is 17.6 Å². The smallest absolute Gasteiger partial charge is 0.326 e. The van der Waals surface area contributed by atoms with Gasteiger partial charge in [0.1, 0.15) is 17.9 Å². The lowest BCUT2D eigenvalue weighted by Gasteiger charge is -2.34. The van der Waals surface area contributed by atoms with E-state index >= 15 is 0 Å². The van der Waals surface area contributed by atoms with Crippen molar-refractivity contribution in [3.63, 3.8) is 0 Å².